The molecule has 1 aliphatic rings. The predicted octanol–water partition coefficient (Wildman–Crippen LogP) is 5.20. The van der Waals surface area contributed by atoms with Crippen molar-refractivity contribution in [3.63, 3.8) is 0 Å². The molecule has 0 saturated carbocycles. The molecule has 1 aliphatic heterocycles. The Labute approximate surface area is 168 Å². The van der Waals surface area contributed by atoms with Crippen LogP contribution in [0.5, 0.6) is 0 Å². The van der Waals surface area contributed by atoms with Crippen molar-refractivity contribution in [2.24, 2.45) is 5.73 Å². The van der Waals surface area contributed by atoms with Crippen molar-refractivity contribution in [3.05, 3.63) is 93.4 Å². The minimum atomic E-state index is -0.794. The van der Waals surface area contributed by atoms with E-state index in [0.717, 1.165) is 22.9 Å². The molecule has 3 nitrogen and oxygen atoms in total. The minimum Gasteiger partial charge on any atom is -0.495 e. The summed E-state index contributed by atoms with van der Waals surface area (Å²) >= 11 is 5.93. The van der Waals surface area contributed by atoms with Gasteiger partial charge in [0.25, 0.3) is 0 Å². The Morgan fingerprint density at radius 1 is 1.18 bits per heavy atom. The Bertz CT molecular complexity index is 912. The van der Waals surface area contributed by atoms with Gasteiger partial charge in [-0.05, 0) is 37.1 Å². The first-order chi connectivity index (χ1) is 13.5. The van der Waals surface area contributed by atoms with E-state index in [1.807, 2.05) is 50.3 Å². The van der Waals surface area contributed by atoms with Gasteiger partial charge in [-0.15, -0.1) is 0 Å². The molecule has 1 heterocycles. The Morgan fingerprint density at radius 3 is 2.54 bits per heavy atom. The number of nitrogens with one attached hydrogen (secondary N) is 1. The fourth-order valence-electron chi connectivity index (χ4n) is 3.47. The third-order valence-electron chi connectivity index (χ3n) is 4.80. The van der Waals surface area contributed by atoms with Crippen LogP contribution in [0.25, 0.3) is 0 Å². The summed E-state index contributed by atoms with van der Waals surface area (Å²) in [6, 6.07) is 11.3. The van der Waals surface area contributed by atoms with Crippen molar-refractivity contribution in [1.29, 1.82) is 0 Å². The fraction of sp³-hybridized carbons (Fsp3) is 0.273. The topological polar surface area (TPSA) is 47.3 Å². The Morgan fingerprint density at radius 2 is 1.89 bits per heavy atom. The van der Waals surface area contributed by atoms with Crippen LogP contribution < -0.4 is 11.1 Å². The maximum atomic E-state index is 14.6. The van der Waals surface area contributed by atoms with Gasteiger partial charge in [-0.1, -0.05) is 41.9 Å². The number of hydrogen-bond acceptors (Lipinski definition) is 3. The molecular weight excluding hydrogens is 382 g/mol. The van der Waals surface area contributed by atoms with Gasteiger partial charge in [0.1, 0.15) is 23.4 Å². The van der Waals surface area contributed by atoms with Crippen molar-refractivity contribution in [2.75, 3.05) is 13.2 Å². The second kappa shape index (κ2) is 8.76. The number of hydrogen-bond donors (Lipinski definition) is 2. The number of dihydropyridines is 1. The highest BCUT2D eigenvalue weighted by molar-refractivity contribution is 6.30. The van der Waals surface area contributed by atoms with E-state index in [9.17, 15) is 8.78 Å². The molecule has 0 saturated heterocycles. The molecule has 0 spiro atoms. The number of rotatable bonds is 6. The van der Waals surface area contributed by atoms with Crippen LogP contribution in [-0.4, -0.2) is 13.2 Å². The molecule has 0 fully saturated rings. The van der Waals surface area contributed by atoms with E-state index in [1.165, 1.54) is 6.07 Å². The second-order valence-electron chi connectivity index (χ2n) is 6.64. The molecule has 0 aliphatic carbocycles. The van der Waals surface area contributed by atoms with E-state index in [1.54, 1.807) is 0 Å². The zero-order valence-electron chi connectivity index (χ0n) is 15.8. The van der Waals surface area contributed by atoms with E-state index in [-0.39, 0.29) is 16.5 Å². The lowest BCUT2D eigenvalue weighted by Gasteiger charge is -2.33. The highest BCUT2D eigenvalue weighted by Crippen LogP contribution is 2.37. The van der Waals surface area contributed by atoms with Gasteiger partial charge in [0.2, 0.25) is 0 Å². The maximum absolute atomic E-state index is 14.6. The number of halogens is 3. The molecule has 0 bridgehead atoms. The molecule has 0 aromatic heterocycles. The predicted molar refractivity (Wildman–Crippen MR) is 108 cm³/mol. The van der Waals surface area contributed by atoms with E-state index in [2.05, 4.69) is 5.32 Å². The maximum Gasteiger partial charge on any atom is 0.144 e. The average molecular weight is 405 g/mol. The standard InChI is InChI=1S/C22H23ClF2N2O/c1-3-28-22-13(2)9-20(16(12-26)14-7-5-4-6-8-14)27-21(22)15-10-17(23)19(25)11-18(15)24/h4-11,16,21,27H,3,12,26H2,1-2H3. The first-order valence-electron chi connectivity index (χ1n) is 9.17. The third-order valence-corrected chi connectivity index (χ3v) is 5.09. The molecule has 2 unspecified atom stereocenters. The smallest absolute Gasteiger partial charge is 0.144 e. The van der Waals surface area contributed by atoms with Crippen LogP contribution in [-0.2, 0) is 4.74 Å². The zero-order valence-corrected chi connectivity index (χ0v) is 16.6. The van der Waals surface area contributed by atoms with Crippen molar-refractivity contribution in [3.8, 4) is 0 Å². The molecule has 0 amide bonds. The summed E-state index contributed by atoms with van der Waals surface area (Å²) in [6.07, 6.45) is 1.97. The summed E-state index contributed by atoms with van der Waals surface area (Å²) in [7, 11) is 0. The monoisotopic (exact) mass is 404 g/mol. The van der Waals surface area contributed by atoms with Crippen LogP contribution in [0.3, 0.4) is 0 Å². The fourth-order valence-corrected chi connectivity index (χ4v) is 3.64. The number of allylic oxidation sites excluding steroid dienone is 2. The molecule has 3 N–H and O–H groups in total. The third kappa shape index (κ3) is 4.05. The molecule has 0 radical (unpaired) electrons. The lowest BCUT2D eigenvalue weighted by atomic mass is 9.89. The van der Waals surface area contributed by atoms with Gasteiger partial charge < -0.3 is 15.8 Å². The minimum absolute atomic E-state index is 0.0965. The van der Waals surface area contributed by atoms with Gasteiger partial charge in [-0.3, -0.25) is 0 Å². The van der Waals surface area contributed by atoms with Gasteiger partial charge >= 0.3 is 0 Å². The molecule has 2 aromatic carbocycles. The van der Waals surface area contributed by atoms with Crippen LogP contribution >= 0.6 is 11.6 Å². The summed E-state index contributed by atoms with van der Waals surface area (Å²) in [4.78, 5) is 0. The quantitative estimate of drug-likeness (QED) is 0.650. The van der Waals surface area contributed by atoms with Gasteiger partial charge in [-0.25, -0.2) is 8.78 Å². The van der Waals surface area contributed by atoms with Crippen LogP contribution in [0, 0.1) is 11.6 Å². The van der Waals surface area contributed by atoms with Crippen LogP contribution in [0.2, 0.25) is 5.02 Å². The first kappa shape index (κ1) is 20.4. The Kier molecular flexibility index (Phi) is 6.37. The van der Waals surface area contributed by atoms with Gasteiger partial charge in [-0.2, -0.15) is 0 Å². The SMILES string of the molecule is CCOC1=C(C)C=C(C(CN)c2ccccc2)NC1c1cc(Cl)c(F)cc1F. The van der Waals surface area contributed by atoms with Gasteiger partial charge in [0, 0.05) is 29.8 Å². The summed E-state index contributed by atoms with van der Waals surface area (Å²) in [6.45, 7) is 4.56. The van der Waals surface area contributed by atoms with E-state index >= 15 is 0 Å². The zero-order chi connectivity index (χ0) is 20.3. The number of ether oxygens (including phenoxy) is 1. The molecule has 2 aromatic rings. The highest BCUT2D eigenvalue weighted by atomic mass is 35.5. The highest BCUT2D eigenvalue weighted by Gasteiger charge is 2.30. The Hall–Kier alpha value is -2.37. The summed E-state index contributed by atoms with van der Waals surface area (Å²) in [5.74, 6) is -0.996. The van der Waals surface area contributed by atoms with Crippen molar-refractivity contribution >= 4 is 11.6 Å². The van der Waals surface area contributed by atoms with Crippen LogP contribution in [0.4, 0.5) is 8.78 Å². The second-order valence-corrected chi connectivity index (χ2v) is 7.05. The summed E-state index contributed by atoms with van der Waals surface area (Å²) in [5.41, 5.74) is 9.04. The summed E-state index contributed by atoms with van der Waals surface area (Å²) in [5, 5.41) is 3.21. The number of benzene rings is 2. The lowest BCUT2D eigenvalue weighted by molar-refractivity contribution is 0.195. The number of nitrogens with two attached hydrogens (primary N) is 1. The van der Waals surface area contributed by atoms with Crippen molar-refractivity contribution in [2.45, 2.75) is 25.8 Å². The molecule has 3 rings (SSSR count). The average Bonchev–Trinajstić information content (AvgIpc) is 2.68. The van der Waals surface area contributed by atoms with E-state index in [0.29, 0.717) is 18.9 Å². The van der Waals surface area contributed by atoms with Gasteiger partial charge in [0.05, 0.1) is 11.6 Å². The normalized spacial score (nSPS) is 17.8. The van der Waals surface area contributed by atoms with Crippen LogP contribution in [0.1, 0.15) is 36.9 Å². The van der Waals surface area contributed by atoms with Gasteiger partial charge in [0.15, 0.2) is 0 Å². The van der Waals surface area contributed by atoms with Crippen LogP contribution in [0.15, 0.2) is 65.6 Å². The molecule has 148 valence electrons. The Balaban J connectivity index is 2.07. The first-order valence-corrected chi connectivity index (χ1v) is 9.55. The van der Waals surface area contributed by atoms with E-state index < -0.39 is 17.7 Å². The van der Waals surface area contributed by atoms with Crippen molar-refractivity contribution < 1.29 is 13.5 Å². The largest absolute Gasteiger partial charge is 0.495 e. The molecular formula is C22H23ClF2N2O. The van der Waals surface area contributed by atoms with E-state index in [4.69, 9.17) is 22.1 Å². The van der Waals surface area contributed by atoms with Crippen molar-refractivity contribution in [1.82, 2.24) is 5.32 Å². The molecule has 2 atom stereocenters. The molecule has 6 heteroatoms. The lowest BCUT2D eigenvalue weighted by Crippen LogP contribution is -2.33. The summed E-state index contributed by atoms with van der Waals surface area (Å²) < 4.78 is 34.1. The molecule has 28 heavy (non-hydrogen) atoms.